The first-order valence-electron chi connectivity index (χ1n) is 7.14. The molecule has 2 rings (SSSR count). The maximum absolute atomic E-state index is 11.9. The van der Waals surface area contributed by atoms with Crippen molar-refractivity contribution in [2.75, 3.05) is 6.61 Å². The molecule has 1 aromatic carbocycles. The van der Waals surface area contributed by atoms with E-state index in [0.717, 1.165) is 5.56 Å². The van der Waals surface area contributed by atoms with Gasteiger partial charge in [-0.2, -0.15) is 0 Å². The molecule has 1 aliphatic rings. The first kappa shape index (κ1) is 15.2. The smallest absolute Gasteiger partial charge is 0.331 e. The third kappa shape index (κ3) is 3.68. The van der Waals surface area contributed by atoms with Crippen LogP contribution in [0.15, 0.2) is 35.3 Å². The van der Waals surface area contributed by atoms with Crippen molar-refractivity contribution in [3.05, 3.63) is 35.9 Å². The highest BCUT2D eigenvalue weighted by atomic mass is 16.5. The maximum Gasteiger partial charge on any atom is 0.331 e. The van der Waals surface area contributed by atoms with E-state index < -0.39 is 12.1 Å². The Morgan fingerprint density at radius 1 is 1.24 bits per heavy atom. The van der Waals surface area contributed by atoms with E-state index in [-0.39, 0.29) is 11.9 Å². The number of hydrogen-bond donors (Lipinski definition) is 0. The molecule has 5 heteroatoms. The number of aliphatic imine (C=N–C) groups is 1. The Morgan fingerprint density at radius 3 is 2.57 bits per heavy atom. The number of rotatable bonds is 5. The Morgan fingerprint density at radius 2 is 1.95 bits per heavy atom. The van der Waals surface area contributed by atoms with Crippen LogP contribution in [-0.4, -0.2) is 36.4 Å². The van der Waals surface area contributed by atoms with E-state index in [1.165, 1.54) is 0 Å². The van der Waals surface area contributed by atoms with Crippen molar-refractivity contribution in [3.8, 4) is 0 Å². The molecule has 0 bridgehead atoms. The highest BCUT2D eigenvalue weighted by Crippen LogP contribution is 2.23. The van der Waals surface area contributed by atoms with Crippen molar-refractivity contribution >= 4 is 17.7 Å². The highest BCUT2D eigenvalue weighted by Gasteiger charge is 2.36. The predicted molar refractivity (Wildman–Crippen MR) is 78.2 cm³/mol. The van der Waals surface area contributed by atoms with Gasteiger partial charge in [0.1, 0.15) is 6.10 Å². The molecule has 112 valence electrons. The number of esters is 2. The van der Waals surface area contributed by atoms with Gasteiger partial charge in [0.2, 0.25) is 0 Å². The van der Waals surface area contributed by atoms with E-state index in [9.17, 15) is 9.59 Å². The zero-order valence-electron chi connectivity index (χ0n) is 12.2. The lowest BCUT2D eigenvalue weighted by Gasteiger charge is -2.14. The molecule has 1 aliphatic heterocycles. The molecule has 0 aromatic heterocycles. The summed E-state index contributed by atoms with van der Waals surface area (Å²) < 4.78 is 10.4. The third-order valence-electron chi connectivity index (χ3n) is 3.23. The van der Waals surface area contributed by atoms with Gasteiger partial charge in [-0.3, -0.25) is 9.79 Å². The van der Waals surface area contributed by atoms with Crippen LogP contribution in [0.5, 0.6) is 0 Å². The zero-order valence-corrected chi connectivity index (χ0v) is 12.2. The Kier molecular flexibility index (Phi) is 5.09. The van der Waals surface area contributed by atoms with E-state index >= 15 is 0 Å². The summed E-state index contributed by atoms with van der Waals surface area (Å²) in [6, 6.07) is 8.84. The molecule has 21 heavy (non-hydrogen) atoms. The second kappa shape index (κ2) is 7.02. The van der Waals surface area contributed by atoms with Crippen LogP contribution in [0.3, 0.4) is 0 Å². The number of benzene rings is 1. The van der Waals surface area contributed by atoms with Gasteiger partial charge in [0, 0.05) is 12.8 Å². The minimum Gasteiger partial charge on any atom is -0.464 e. The summed E-state index contributed by atoms with van der Waals surface area (Å²) in [6.07, 6.45) is 0.145. The lowest BCUT2D eigenvalue weighted by atomic mass is 10.0. The fourth-order valence-corrected chi connectivity index (χ4v) is 2.22. The minimum absolute atomic E-state index is 0.294. The van der Waals surface area contributed by atoms with Gasteiger partial charge >= 0.3 is 11.9 Å². The van der Waals surface area contributed by atoms with E-state index in [1.54, 1.807) is 13.8 Å². The molecular weight excluding hydrogens is 270 g/mol. The predicted octanol–water partition coefficient (Wildman–Crippen LogP) is 2.13. The van der Waals surface area contributed by atoms with Crippen molar-refractivity contribution in [3.63, 3.8) is 0 Å². The zero-order chi connectivity index (χ0) is 15.2. The van der Waals surface area contributed by atoms with Crippen molar-refractivity contribution in [2.24, 2.45) is 4.99 Å². The van der Waals surface area contributed by atoms with Crippen molar-refractivity contribution in [1.29, 1.82) is 0 Å². The summed E-state index contributed by atoms with van der Waals surface area (Å²) in [5.41, 5.74) is 1.49. The van der Waals surface area contributed by atoms with Gasteiger partial charge in [0.05, 0.1) is 12.3 Å². The molecule has 1 heterocycles. The fraction of sp³-hybridized carbons (Fsp3) is 0.438. The van der Waals surface area contributed by atoms with Gasteiger partial charge in [0.25, 0.3) is 0 Å². The Balaban J connectivity index is 2.23. The molecule has 0 saturated carbocycles. The molecule has 0 amide bonds. The minimum atomic E-state index is -0.602. The van der Waals surface area contributed by atoms with Crippen molar-refractivity contribution in [1.82, 2.24) is 0 Å². The second-order valence-corrected chi connectivity index (χ2v) is 4.72. The first-order valence-corrected chi connectivity index (χ1v) is 7.14. The average Bonchev–Trinajstić information content (AvgIpc) is 2.92. The van der Waals surface area contributed by atoms with E-state index in [1.807, 2.05) is 30.3 Å². The highest BCUT2D eigenvalue weighted by molar-refractivity contribution is 6.07. The number of nitrogens with zero attached hydrogens (tertiary/aromatic N) is 1. The van der Waals surface area contributed by atoms with Crippen LogP contribution in [0.25, 0.3) is 0 Å². The first-order chi connectivity index (χ1) is 10.2. The summed E-state index contributed by atoms with van der Waals surface area (Å²) >= 11 is 0. The number of hydrogen-bond acceptors (Lipinski definition) is 5. The van der Waals surface area contributed by atoms with E-state index in [0.29, 0.717) is 25.2 Å². The maximum atomic E-state index is 11.9. The normalized spacial score (nSPS) is 20.8. The number of ether oxygens (including phenoxy) is 2. The molecule has 0 spiro atoms. The van der Waals surface area contributed by atoms with Crippen molar-refractivity contribution in [2.45, 2.75) is 38.8 Å². The quantitative estimate of drug-likeness (QED) is 0.779. The van der Waals surface area contributed by atoms with Gasteiger partial charge in [0.15, 0.2) is 6.04 Å². The van der Waals surface area contributed by atoms with Crippen molar-refractivity contribution < 1.29 is 19.1 Å². The number of carbonyl (C=O) groups excluding carboxylic acids is 2. The summed E-state index contributed by atoms with van der Waals surface area (Å²) in [5.74, 6) is -0.672. The van der Waals surface area contributed by atoms with Gasteiger partial charge < -0.3 is 9.47 Å². The molecule has 1 aromatic rings. The standard InChI is InChI=1S/C16H19NO4/c1-3-14(18)21-13-10-12(16(19)20-4-2)17-15(13)11-8-6-5-7-9-11/h5-9,12-13H,3-4,10H2,1-2H3/t12-,13+/m0/s1. The summed E-state index contributed by atoms with van der Waals surface area (Å²) in [7, 11) is 0. The van der Waals surface area contributed by atoms with Crippen LogP contribution >= 0.6 is 0 Å². The molecule has 0 aliphatic carbocycles. The fourth-order valence-electron chi connectivity index (χ4n) is 2.22. The molecule has 2 atom stereocenters. The third-order valence-corrected chi connectivity index (χ3v) is 3.23. The summed E-state index contributed by atoms with van der Waals surface area (Å²) in [5, 5.41) is 0. The summed E-state index contributed by atoms with van der Waals surface area (Å²) in [6.45, 7) is 3.80. The van der Waals surface area contributed by atoms with Gasteiger partial charge in [-0.15, -0.1) is 0 Å². The molecule has 0 N–H and O–H groups in total. The van der Waals surface area contributed by atoms with Crippen LogP contribution in [0, 0.1) is 0 Å². The Bertz CT molecular complexity index is 538. The van der Waals surface area contributed by atoms with Crippen LogP contribution in [0.4, 0.5) is 0 Å². The van der Waals surface area contributed by atoms with Crippen LogP contribution in [0.1, 0.15) is 32.3 Å². The van der Waals surface area contributed by atoms with Gasteiger partial charge in [-0.05, 0) is 12.5 Å². The molecule has 5 nitrogen and oxygen atoms in total. The SMILES string of the molecule is CCOC(=O)[C@@H]1C[C@@H](OC(=O)CC)C(c2ccccc2)=N1. The van der Waals surface area contributed by atoms with Crippen LogP contribution in [0.2, 0.25) is 0 Å². The Labute approximate surface area is 124 Å². The lowest BCUT2D eigenvalue weighted by Crippen LogP contribution is -2.27. The molecule has 0 unspecified atom stereocenters. The van der Waals surface area contributed by atoms with Crippen LogP contribution < -0.4 is 0 Å². The lowest BCUT2D eigenvalue weighted by molar-refractivity contribution is -0.149. The molecular formula is C16H19NO4. The molecule has 0 radical (unpaired) electrons. The van der Waals surface area contributed by atoms with Crippen LogP contribution in [-0.2, 0) is 19.1 Å². The topological polar surface area (TPSA) is 65.0 Å². The average molecular weight is 289 g/mol. The van der Waals surface area contributed by atoms with E-state index in [2.05, 4.69) is 4.99 Å². The molecule has 0 saturated heterocycles. The largest absolute Gasteiger partial charge is 0.464 e. The monoisotopic (exact) mass is 289 g/mol. The Hall–Kier alpha value is -2.17. The second-order valence-electron chi connectivity index (χ2n) is 4.72. The summed E-state index contributed by atoms with van der Waals surface area (Å²) in [4.78, 5) is 27.8. The van der Waals surface area contributed by atoms with Gasteiger partial charge in [-0.25, -0.2) is 4.79 Å². The molecule has 0 fully saturated rings. The van der Waals surface area contributed by atoms with Gasteiger partial charge in [-0.1, -0.05) is 37.3 Å². The number of carbonyl (C=O) groups is 2. The van der Waals surface area contributed by atoms with E-state index in [4.69, 9.17) is 9.47 Å².